The Morgan fingerprint density at radius 1 is 1.33 bits per heavy atom. The molecule has 1 N–H and O–H groups in total. The summed E-state index contributed by atoms with van der Waals surface area (Å²) in [6.45, 7) is 2.28. The molecule has 24 heavy (non-hydrogen) atoms. The first kappa shape index (κ1) is 17.6. The van der Waals surface area contributed by atoms with E-state index in [1.165, 1.54) is 35.9 Å². The lowest BCUT2D eigenvalue weighted by Crippen LogP contribution is -2.38. The smallest absolute Gasteiger partial charge is 0.230 e. The van der Waals surface area contributed by atoms with E-state index in [0.717, 1.165) is 28.8 Å². The van der Waals surface area contributed by atoms with Gasteiger partial charge in [-0.25, -0.2) is 4.68 Å². The molecule has 0 saturated heterocycles. The van der Waals surface area contributed by atoms with Gasteiger partial charge < -0.3 is 5.32 Å². The van der Waals surface area contributed by atoms with Gasteiger partial charge in [0.15, 0.2) is 8.29 Å². The van der Waals surface area contributed by atoms with Crippen LogP contribution in [0.5, 0.6) is 0 Å². The van der Waals surface area contributed by atoms with Gasteiger partial charge in [-0.2, -0.15) is 0 Å². The third kappa shape index (κ3) is 4.68. The fraction of sp³-hybridized carbons (Fsp3) is 0.471. The number of para-hydroxylation sites is 1. The number of nitrogens with one attached hydrogen (secondary N) is 1. The van der Waals surface area contributed by atoms with Crippen molar-refractivity contribution in [1.29, 1.82) is 0 Å². The molecule has 128 valence electrons. The third-order valence-corrected chi connectivity index (χ3v) is 6.60. The monoisotopic (exact) mass is 379 g/mol. The number of benzene rings is 1. The second kappa shape index (κ2) is 8.27. The number of amides is 1. The van der Waals surface area contributed by atoms with Gasteiger partial charge in [0.05, 0.1) is 11.4 Å². The van der Waals surface area contributed by atoms with Gasteiger partial charge in [-0.3, -0.25) is 4.79 Å². The summed E-state index contributed by atoms with van der Waals surface area (Å²) in [6, 6.07) is 10.2. The van der Waals surface area contributed by atoms with Gasteiger partial charge in [0, 0.05) is 6.04 Å². The second-order valence-corrected chi connectivity index (χ2v) is 9.04. The van der Waals surface area contributed by atoms with Crippen LogP contribution in [0.4, 0.5) is 0 Å². The molecule has 0 atom stereocenters. The lowest BCUT2D eigenvalue weighted by molar-refractivity contribution is -0.119. The van der Waals surface area contributed by atoms with E-state index in [1.807, 2.05) is 30.3 Å². The van der Waals surface area contributed by atoms with Gasteiger partial charge in [0.2, 0.25) is 5.91 Å². The number of rotatable bonds is 5. The molecule has 1 aromatic carbocycles. The number of thioether (sulfide) groups is 1. The number of nitrogens with zero attached hydrogens (tertiary/aromatic N) is 2. The van der Waals surface area contributed by atoms with Crippen molar-refractivity contribution in [1.82, 2.24) is 15.1 Å². The van der Waals surface area contributed by atoms with Crippen molar-refractivity contribution in [3.05, 3.63) is 34.3 Å². The Morgan fingerprint density at radius 3 is 2.75 bits per heavy atom. The maximum Gasteiger partial charge on any atom is 0.230 e. The molecule has 7 heteroatoms. The molecule has 4 nitrogen and oxygen atoms in total. The molecule has 1 fully saturated rings. The van der Waals surface area contributed by atoms with Gasteiger partial charge in [-0.05, 0) is 56.0 Å². The quantitative estimate of drug-likeness (QED) is 0.616. The van der Waals surface area contributed by atoms with Crippen LogP contribution in [0.2, 0.25) is 0 Å². The van der Waals surface area contributed by atoms with Crippen molar-refractivity contribution in [3.63, 3.8) is 0 Å². The van der Waals surface area contributed by atoms with E-state index < -0.39 is 0 Å². The molecule has 1 aliphatic carbocycles. The highest BCUT2D eigenvalue weighted by Crippen LogP contribution is 2.25. The third-order valence-electron chi connectivity index (χ3n) is 4.24. The molecule has 2 aromatic rings. The predicted octanol–water partition coefficient (Wildman–Crippen LogP) is 4.45. The van der Waals surface area contributed by atoms with Crippen LogP contribution < -0.4 is 5.32 Å². The zero-order valence-electron chi connectivity index (χ0n) is 13.6. The number of hydrogen-bond acceptors (Lipinski definition) is 5. The molecule has 1 amide bonds. The Labute approximate surface area is 155 Å². The summed E-state index contributed by atoms with van der Waals surface area (Å²) in [5.41, 5.74) is 0.950. The van der Waals surface area contributed by atoms with Crippen LogP contribution in [-0.4, -0.2) is 27.5 Å². The summed E-state index contributed by atoms with van der Waals surface area (Å²) in [6.07, 6.45) is 4.61. The molecule has 0 radical (unpaired) electrons. The normalized spacial score (nSPS) is 20.7. The largest absolute Gasteiger partial charge is 0.353 e. The molecular formula is C17H21N3OS3. The lowest BCUT2D eigenvalue weighted by Gasteiger charge is -2.26. The van der Waals surface area contributed by atoms with Crippen molar-refractivity contribution < 1.29 is 4.79 Å². The second-order valence-electron chi connectivity index (χ2n) is 6.19. The highest BCUT2D eigenvalue weighted by atomic mass is 32.2. The molecule has 0 bridgehead atoms. The van der Waals surface area contributed by atoms with E-state index >= 15 is 0 Å². The first-order valence-electron chi connectivity index (χ1n) is 8.19. The number of carbonyl (C=O) groups excluding carboxylic acids is 1. The summed E-state index contributed by atoms with van der Waals surface area (Å²) in [7, 11) is 0. The molecule has 1 aliphatic rings. The average molecular weight is 380 g/mol. The summed E-state index contributed by atoms with van der Waals surface area (Å²) < 4.78 is 3.28. The Kier molecular flexibility index (Phi) is 6.08. The lowest BCUT2D eigenvalue weighted by atomic mass is 9.87. The first-order valence-corrected chi connectivity index (χ1v) is 10.4. The fourth-order valence-corrected chi connectivity index (χ4v) is 5.02. The van der Waals surface area contributed by atoms with Crippen LogP contribution in [0.25, 0.3) is 5.69 Å². The van der Waals surface area contributed by atoms with Crippen molar-refractivity contribution in [2.75, 3.05) is 5.75 Å². The average Bonchev–Trinajstić information content (AvgIpc) is 2.97. The molecular weight excluding hydrogens is 358 g/mol. The van der Waals surface area contributed by atoms with Gasteiger partial charge in [-0.1, -0.05) is 48.2 Å². The van der Waals surface area contributed by atoms with Crippen LogP contribution in [0.1, 0.15) is 32.6 Å². The van der Waals surface area contributed by atoms with Crippen molar-refractivity contribution >= 4 is 41.2 Å². The van der Waals surface area contributed by atoms with Crippen molar-refractivity contribution in [3.8, 4) is 5.69 Å². The number of carbonyl (C=O) groups is 1. The highest BCUT2D eigenvalue weighted by molar-refractivity contribution is 8.01. The molecule has 1 heterocycles. The van der Waals surface area contributed by atoms with Crippen LogP contribution in [-0.2, 0) is 4.79 Å². The van der Waals surface area contributed by atoms with Gasteiger partial charge in [-0.15, -0.1) is 5.10 Å². The molecule has 1 saturated carbocycles. The van der Waals surface area contributed by atoms with E-state index in [9.17, 15) is 4.79 Å². The van der Waals surface area contributed by atoms with Crippen LogP contribution >= 0.6 is 35.3 Å². The van der Waals surface area contributed by atoms with Crippen LogP contribution in [0, 0.1) is 9.87 Å². The SMILES string of the molecule is CC1CCC(NC(=O)CSc2nn(-c3ccccc3)c(=S)s2)CC1. The zero-order chi connectivity index (χ0) is 16.9. The van der Waals surface area contributed by atoms with E-state index in [0.29, 0.717) is 15.7 Å². The van der Waals surface area contributed by atoms with Gasteiger partial charge in [0.1, 0.15) is 0 Å². The minimum atomic E-state index is 0.0898. The maximum atomic E-state index is 12.1. The predicted molar refractivity (Wildman–Crippen MR) is 103 cm³/mol. The first-order chi connectivity index (χ1) is 11.6. The van der Waals surface area contributed by atoms with E-state index in [1.54, 1.807) is 4.68 Å². The molecule has 0 aliphatic heterocycles. The van der Waals surface area contributed by atoms with Crippen molar-refractivity contribution in [2.45, 2.75) is 43.0 Å². The van der Waals surface area contributed by atoms with Gasteiger partial charge >= 0.3 is 0 Å². The summed E-state index contributed by atoms with van der Waals surface area (Å²) in [5.74, 6) is 1.28. The van der Waals surface area contributed by atoms with Crippen molar-refractivity contribution in [2.24, 2.45) is 5.92 Å². The van der Waals surface area contributed by atoms with E-state index in [4.69, 9.17) is 12.2 Å². The van der Waals surface area contributed by atoms with E-state index in [-0.39, 0.29) is 5.91 Å². The topological polar surface area (TPSA) is 46.9 Å². The number of aromatic nitrogens is 2. The fourth-order valence-electron chi connectivity index (χ4n) is 2.85. The minimum Gasteiger partial charge on any atom is -0.353 e. The Hall–Kier alpha value is -1.18. The maximum absolute atomic E-state index is 12.1. The summed E-state index contributed by atoms with van der Waals surface area (Å²) in [5, 5.41) is 7.67. The summed E-state index contributed by atoms with van der Waals surface area (Å²) in [4.78, 5) is 12.1. The Balaban J connectivity index is 1.53. The molecule has 3 rings (SSSR count). The van der Waals surface area contributed by atoms with E-state index in [2.05, 4.69) is 17.3 Å². The van der Waals surface area contributed by atoms with Gasteiger partial charge in [0.25, 0.3) is 0 Å². The molecule has 0 unspecified atom stereocenters. The molecule has 0 spiro atoms. The zero-order valence-corrected chi connectivity index (χ0v) is 16.1. The Morgan fingerprint density at radius 2 is 2.04 bits per heavy atom. The standard InChI is InChI=1S/C17H21N3OS3/c1-12-7-9-13(10-8-12)18-15(21)11-23-16-19-20(17(22)24-16)14-5-3-2-4-6-14/h2-6,12-13H,7-11H2,1H3,(H,18,21). The number of hydrogen-bond donors (Lipinski definition) is 1. The minimum absolute atomic E-state index is 0.0898. The van der Waals surface area contributed by atoms with Crippen LogP contribution in [0.15, 0.2) is 34.7 Å². The Bertz CT molecular complexity index is 733. The van der Waals surface area contributed by atoms with Crippen LogP contribution in [0.3, 0.4) is 0 Å². The summed E-state index contributed by atoms with van der Waals surface area (Å²) >= 11 is 8.28. The highest BCUT2D eigenvalue weighted by Gasteiger charge is 2.20. The molecule has 1 aromatic heterocycles.